The second-order valence-electron chi connectivity index (χ2n) is 3.25. The molecule has 1 aromatic carbocycles. The van der Waals surface area contributed by atoms with Gasteiger partial charge in [-0.2, -0.15) is 0 Å². The van der Waals surface area contributed by atoms with Gasteiger partial charge in [0.2, 0.25) is 6.04 Å². The highest BCUT2D eigenvalue weighted by Crippen LogP contribution is 2.42. The van der Waals surface area contributed by atoms with Gasteiger partial charge in [0.1, 0.15) is 0 Å². The fourth-order valence-corrected chi connectivity index (χ4v) is 1.75. The maximum Gasteiger partial charge on any atom is 0.221 e. The third-order valence-corrected chi connectivity index (χ3v) is 2.85. The van der Waals surface area contributed by atoms with E-state index < -0.39 is 0 Å². The Morgan fingerprint density at radius 3 is 2.46 bits per heavy atom. The van der Waals surface area contributed by atoms with E-state index in [2.05, 4.69) is 15.9 Å². The molecule has 1 aliphatic carbocycles. The Hall–Kier alpha value is -0.900. The van der Waals surface area contributed by atoms with Crippen molar-refractivity contribution in [1.29, 1.82) is 0 Å². The first-order valence-corrected chi connectivity index (χ1v) is 4.87. The topological polar surface area (TPSA) is 43.1 Å². The third kappa shape index (κ3) is 1.72. The number of nitrogens with zero attached hydrogens (tertiary/aromatic N) is 1. The average molecular weight is 242 g/mol. The zero-order chi connectivity index (χ0) is 9.42. The van der Waals surface area contributed by atoms with Gasteiger partial charge in [0, 0.05) is 15.8 Å². The van der Waals surface area contributed by atoms with Crippen LogP contribution in [-0.4, -0.2) is 11.0 Å². The molecule has 0 aliphatic heterocycles. The minimum atomic E-state index is -0.346. The summed E-state index contributed by atoms with van der Waals surface area (Å²) >= 11 is 3.33. The Balaban J connectivity index is 2.12. The van der Waals surface area contributed by atoms with Gasteiger partial charge in [-0.25, -0.2) is 0 Å². The maximum absolute atomic E-state index is 10.4. The van der Waals surface area contributed by atoms with Crippen molar-refractivity contribution >= 4 is 15.9 Å². The molecular weight excluding hydrogens is 234 g/mol. The normalized spacial score (nSPS) is 25.6. The molecular formula is C9H8BrNO2. The molecule has 1 saturated carbocycles. The molecule has 0 aromatic heterocycles. The van der Waals surface area contributed by atoms with Gasteiger partial charge in [0.25, 0.3) is 0 Å². The highest BCUT2D eigenvalue weighted by Gasteiger charge is 2.48. The second-order valence-corrected chi connectivity index (χ2v) is 4.16. The van der Waals surface area contributed by atoms with Crippen LogP contribution in [-0.2, 0) is 0 Å². The first-order chi connectivity index (χ1) is 6.18. The molecule has 0 radical (unpaired) electrons. The molecule has 1 aromatic rings. The van der Waals surface area contributed by atoms with Crippen LogP contribution in [0.3, 0.4) is 0 Å². The van der Waals surface area contributed by atoms with Crippen LogP contribution in [0, 0.1) is 10.1 Å². The van der Waals surface area contributed by atoms with Gasteiger partial charge >= 0.3 is 0 Å². The minimum Gasteiger partial charge on any atom is -0.264 e. The smallest absolute Gasteiger partial charge is 0.221 e. The molecule has 13 heavy (non-hydrogen) atoms. The molecule has 0 spiro atoms. The van der Waals surface area contributed by atoms with Crippen LogP contribution in [0.4, 0.5) is 0 Å². The zero-order valence-electron chi connectivity index (χ0n) is 6.81. The predicted octanol–water partition coefficient (Wildman–Crippen LogP) is 2.58. The van der Waals surface area contributed by atoms with E-state index in [1.807, 2.05) is 24.3 Å². The predicted molar refractivity (Wildman–Crippen MR) is 52.3 cm³/mol. The van der Waals surface area contributed by atoms with Crippen LogP contribution < -0.4 is 0 Å². The fraction of sp³-hybridized carbons (Fsp3) is 0.333. The van der Waals surface area contributed by atoms with E-state index in [1.54, 1.807) is 0 Å². The number of hydrogen-bond donors (Lipinski definition) is 0. The van der Waals surface area contributed by atoms with Crippen LogP contribution >= 0.6 is 15.9 Å². The summed E-state index contributed by atoms with van der Waals surface area (Å²) in [7, 11) is 0. The lowest BCUT2D eigenvalue weighted by atomic mass is 10.1. The standard InChI is InChI=1S/C9H8BrNO2/c10-7-3-1-6(2-4-7)8-5-9(8)11(12)13/h1-4,8-9H,5H2/t8?,9-/m0/s1. The van der Waals surface area contributed by atoms with Crippen molar-refractivity contribution in [2.75, 3.05) is 0 Å². The van der Waals surface area contributed by atoms with Crippen molar-refractivity contribution in [1.82, 2.24) is 0 Å². The van der Waals surface area contributed by atoms with Gasteiger partial charge < -0.3 is 0 Å². The SMILES string of the molecule is O=[N+]([O-])[C@H]1CC1c1ccc(Br)cc1. The van der Waals surface area contributed by atoms with E-state index in [-0.39, 0.29) is 16.9 Å². The molecule has 0 amide bonds. The van der Waals surface area contributed by atoms with E-state index in [0.29, 0.717) is 6.42 Å². The maximum atomic E-state index is 10.4. The molecule has 0 saturated heterocycles. The fourth-order valence-electron chi connectivity index (χ4n) is 1.48. The Labute approximate surface area is 84.0 Å². The van der Waals surface area contributed by atoms with Gasteiger partial charge in [-0.1, -0.05) is 28.1 Å². The van der Waals surface area contributed by atoms with Crippen molar-refractivity contribution in [3.8, 4) is 0 Å². The van der Waals surface area contributed by atoms with Crippen molar-refractivity contribution < 1.29 is 4.92 Å². The van der Waals surface area contributed by atoms with E-state index in [0.717, 1.165) is 10.0 Å². The number of halogens is 1. The van der Waals surface area contributed by atoms with Gasteiger partial charge in [0.05, 0.1) is 5.92 Å². The van der Waals surface area contributed by atoms with Crippen molar-refractivity contribution in [2.24, 2.45) is 0 Å². The second kappa shape index (κ2) is 3.10. The summed E-state index contributed by atoms with van der Waals surface area (Å²) in [6.45, 7) is 0. The molecule has 68 valence electrons. The molecule has 2 rings (SSSR count). The van der Waals surface area contributed by atoms with Gasteiger partial charge in [-0.15, -0.1) is 0 Å². The summed E-state index contributed by atoms with van der Waals surface area (Å²) in [6.07, 6.45) is 0.689. The summed E-state index contributed by atoms with van der Waals surface area (Å²) < 4.78 is 1.01. The molecule has 0 bridgehead atoms. The van der Waals surface area contributed by atoms with Crippen LogP contribution in [0.5, 0.6) is 0 Å². The highest BCUT2D eigenvalue weighted by atomic mass is 79.9. The molecule has 3 nitrogen and oxygen atoms in total. The molecule has 1 fully saturated rings. The number of benzene rings is 1. The Kier molecular flexibility index (Phi) is 2.07. The van der Waals surface area contributed by atoms with E-state index >= 15 is 0 Å². The van der Waals surface area contributed by atoms with Crippen LogP contribution in [0.15, 0.2) is 28.7 Å². The summed E-state index contributed by atoms with van der Waals surface area (Å²) in [5, 5.41) is 10.4. The number of hydrogen-bond acceptors (Lipinski definition) is 2. The first kappa shape index (κ1) is 8.69. The van der Waals surface area contributed by atoms with Gasteiger partial charge in [-0.3, -0.25) is 10.1 Å². The minimum absolute atomic E-state index is 0.142. The molecule has 4 heteroatoms. The van der Waals surface area contributed by atoms with E-state index in [1.165, 1.54) is 0 Å². The molecule has 2 atom stereocenters. The third-order valence-electron chi connectivity index (χ3n) is 2.33. The van der Waals surface area contributed by atoms with Crippen molar-refractivity contribution in [3.05, 3.63) is 44.4 Å². The van der Waals surface area contributed by atoms with Crippen molar-refractivity contribution in [2.45, 2.75) is 18.4 Å². The average Bonchev–Trinajstić information content (AvgIpc) is 2.85. The lowest BCUT2D eigenvalue weighted by molar-refractivity contribution is -0.496. The monoisotopic (exact) mass is 241 g/mol. The number of nitro groups is 1. The lowest BCUT2D eigenvalue weighted by Crippen LogP contribution is -2.02. The largest absolute Gasteiger partial charge is 0.264 e. The highest BCUT2D eigenvalue weighted by molar-refractivity contribution is 9.10. The molecule has 0 heterocycles. The van der Waals surface area contributed by atoms with Crippen LogP contribution in [0.25, 0.3) is 0 Å². The Bertz CT molecular complexity index is 336. The quantitative estimate of drug-likeness (QED) is 0.590. The summed E-state index contributed by atoms with van der Waals surface area (Å²) in [6, 6.07) is 7.38. The summed E-state index contributed by atoms with van der Waals surface area (Å²) in [5.74, 6) is 0.142. The number of rotatable bonds is 2. The first-order valence-electron chi connectivity index (χ1n) is 4.07. The Morgan fingerprint density at radius 2 is 2.00 bits per heavy atom. The van der Waals surface area contributed by atoms with Crippen molar-refractivity contribution in [3.63, 3.8) is 0 Å². The molecule has 0 N–H and O–H groups in total. The summed E-state index contributed by atoms with van der Waals surface area (Å²) in [5.41, 5.74) is 1.07. The van der Waals surface area contributed by atoms with Gasteiger partial charge in [-0.05, 0) is 17.7 Å². The Morgan fingerprint density at radius 1 is 1.38 bits per heavy atom. The van der Waals surface area contributed by atoms with Gasteiger partial charge in [0.15, 0.2) is 0 Å². The summed E-state index contributed by atoms with van der Waals surface area (Å²) in [4.78, 5) is 10.2. The lowest BCUT2D eigenvalue weighted by Gasteiger charge is -1.96. The van der Waals surface area contributed by atoms with E-state index in [9.17, 15) is 10.1 Å². The van der Waals surface area contributed by atoms with Crippen LogP contribution in [0.1, 0.15) is 17.9 Å². The van der Waals surface area contributed by atoms with Crippen LogP contribution in [0.2, 0.25) is 0 Å². The molecule has 1 aliphatic rings. The van der Waals surface area contributed by atoms with E-state index in [4.69, 9.17) is 0 Å². The zero-order valence-corrected chi connectivity index (χ0v) is 8.40. The molecule has 1 unspecified atom stereocenters.